The number of anilines is 3. The highest BCUT2D eigenvalue weighted by Crippen LogP contribution is 2.33. The van der Waals surface area contributed by atoms with Gasteiger partial charge in [-0.1, -0.05) is 12.1 Å². The lowest BCUT2D eigenvalue weighted by atomic mass is 10.2. The SMILES string of the molecule is CN(c1ccc(N)c(F)c1)c1coc2ccccc12. The molecule has 0 bridgehead atoms. The van der Waals surface area contributed by atoms with E-state index in [1.807, 2.05) is 36.2 Å². The first kappa shape index (κ1) is 11.6. The molecule has 0 unspecified atom stereocenters. The molecule has 3 aromatic rings. The van der Waals surface area contributed by atoms with Gasteiger partial charge in [-0.2, -0.15) is 0 Å². The van der Waals surface area contributed by atoms with Crippen molar-refractivity contribution >= 4 is 28.0 Å². The minimum absolute atomic E-state index is 0.147. The van der Waals surface area contributed by atoms with E-state index in [4.69, 9.17) is 10.2 Å². The summed E-state index contributed by atoms with van der Waals surface area (Å²) in [5.74, 6) is -0.419. The van der Waals surface area contributed by atoms with E-state index in [-0.39, 0.29) is 5.69 Å². The molecule has 0 saturated carbocycles. The Hall–Kier alpha value is -2.49. The number of halogens is 1. The summed E-state index contributed by atoms with van der Waals surface area (Å²) in [6.07, 6.45) is 1.67. The van der Waals surface area contributed by atoms with Crippen LogP contribution in [0.25, 0.3) is 11.0 Å². The Morgan fingerprint density at radius 3 is 2.74 bits per heavy atom. The molecule has 1 aromatic heterocycles. The third-order valence-corrected chi connectivity index (χ3v) is 3.19. The van der Waals surface area contributed by atoms with Crippen LogP contribution in [0.4, 0.5) is 21.5 Å². The highest BCUT2D eigenvalue weighted by molar-refractivity contribution is 5.93. The van der Waals surface area contributed by atoms with Crippen LogP contribution in [0.5, 0.6) is 0 Å². The molecule has 3 rings (SSSR count). The molecule has 0 atom stereocenters. The molecule has 96 valence electrons. The van der Waals surface area contributed by atoms with Gasteiger partial charge in [0, 0.05) is 18.1 Å². The van der Waals surface area contributed by atoms with E-state index in [1.165, 1.54) is 6.07 Å². The van der Waals surface area contributed by atoms with Crippen LogP contribution in [0.1, 0.15) is 0 Å². The van der Waals surface area contributed by atoms with Crippen molar-refractivity contribution in [3.8, 4) is 0 Å². The third-order valence-electron chi connectivity index (χ3n) is 3.19. The van der Waals surface area contributed by atoms with Crippen LogP contribution in [-0.4, -0.2) is 7.05 Å². The van der Waals surface area contributed by atoms with Crippen LogP contribution in [-0.2, 0) is 0 Å². The van der Waals surface area contributed by atoms with Crippen molar-refractivity contribution in [3.05, 3.63) is 54.5 Å². The Morgan fingerprint density at radius 1 is 1.16 bits per heavy atom. The summed E-state index contributed by atoms with van der Waals surface area (Å²) in [5.41, 5.74) is 8.05. The lowest BCUT2D eigenvalue weighted by molar-refractivity contribution is 0.615. The molecule has 0 aliphatic heterocycles. The highest BCUT2D eigenvalue weighted by atomic mass is 19.1. The molecule has 0 radical (unpaired) electrons. The van der Waals surface area contributed by atoms with Crippen molar-refractivity contribution in [2.75, 3.05) is 17.7 Å². The van der Waals surface area contributed by atoms with Crippen LogP contribution in [0.2, 0.25) is 0 Å². The summed E-state index contributed by atoms with van der Waals surface area (Å²) < 4.78 is 19.0. The minimum Gasteiger partial charge on any atom is -0.462 e. The van der Waals surface area contributed by atoms with E-state index >= 15 is 0 Å². The first-order valence-electron chi connectivity index (χ1n) is 5.92. The molecular formula is C15H13FN2O. The smallest absolute Gasteiger partial charge is 0.148 e. The second-order valence-electron chi connectivity index (χ2n) is 4.38. The number of hydrogen-bond acceptors (Lipinski definition) is 3. The van der Waals surface area contributed by atoms with E-state index in [0.29, 0.717) is 0 Å². The van der Waals surface area contributed by atoms with Crippen LogP contribution in [0, 0.1) is 5.82 Å². The molecule has 3 nitrogen and oxygen atoms in total. The van der Waals surface area contributed by atoms with E-state index in [9.17, 15) is 4.39 Å². The van der Waals surface area contributed by atoms with Gasteiger partial charge in [-0.15, -0.1) is 0 Å². The molecule has 4 heteroatoms. The van der Waals surface area contributed by atoms with Crippen molar-refractivity contribution in [3.63, 3.8) is 0 Å². The Kier molecular flexibility index (Phi) is 2.63. The second kappa shape index (κ2) is 4.31. The van der Waals surface area contributed by atoms with Gasteiger partial charge in [-0.25, -0.2) is 4.39 Å². The number of fused-ring (bicyclic) bond motifs is 1. The Bertz CT molecular complexity index is 736. The monoisotopic (exact) mass is 256 g/mol. The molecule has 0 saturated heterocycles. The predicted octanol–water partition coefficient (Wildman–Crippen LogP) is 3.92. The Morgan fingerprint density at radius 2 is 1.95 bits per heavy atom. The van der Waals surface area contributed by atoms with E-state index in [1.54, 1.807) is 18.4 Å². The topological polar surface area (TPSA) is 42.4 Å². The summed E-state index contributed by atoms with van der Waals surface area (Å²) in [6.45, 7) is 0. The van der Waals surface area contributed by atoms with Crippen LogP contribution >= 0.6 is 0 Å². The number of benzene rings is 2. The number of rotatable bonds is 2. The third kappa shape index (κ3) is 1.91. The van der Waals surface area contributed by atoms with Gasteiger partial charge >= 0.3 is 0 Å². The summed E-state index contributed by atoms with van der Waals surface area (Å²) >= 11 is 0. The van der Waals surface area contributed by atoms with E-state index < -0.39 is 5.82 Å². The van der Waals surface area contributed by atoms with Gasteiger partial charge in [0.05, 0.1) is 11.4 Å². The number of nitrogens with zero attached hydrogens (tertiary/aromatic N) is 1. The Labute approximate surface area is 110 Å². The van der Waals surface area contributed by atoms with Crippen LogP contribution in [0.3, 0.4) is 0 Å². The zero-order valence-electron chi connectivity index (χ0n) is 10.4. The van der Waals surface area contributed by atoms with Gasteiger partial charge in [0.25, 0.3) is 0 Å². The van der Waals surface area contributed by atoms with Crippen LogP contribution < -0.4 is 10.6 Å². The lowest BCUT2D eigenvalue weighted by Gasteiger charge is -2.18. The Balaban J connectivity index is 2.08. The molecular weight excluding hydrogens is 243 g/mol. The normalized spacial score (nSPS) is 10.8. The van der Waals surface area contributed by atoms with E-state index in [2.05, 4.69) is 0 Å². The van der Waals surface area contributed by atoms with Gasteiger partial charge < -0.3 is 15.1 Å². The molecule has 19 heavy (non-hydrogen) atoms. The van der Waals surface area contributed by atoms with Crippen molar-refractivity contribution in [2.45, 2.75) is 0 Å². The lowest BCUT2D eigenvalue weighted by Crippen LogP contribution is -2.09. The largest absolute Gasteiger partial charge is 0.462 e. The maximum absolute atomic E-state index is 13.5. The fourth-order valence-electron chi connectivity index (χ4n) is 2.09. The number of nitrogens with two attached hydrogens (primary N) is 1. The highest BCUT2D eigenvalue weighted by Gasteiger charge is 2.12. The minimum atomic E-state index is -0.419. The molecule has 0 aliphatic carbocycles. The van der Waals surface area contributed by atoms with Gasteiger partial charge in [0.1, 0.15) is 17.7 Å². The number of furan rings is 1. The number of hydrogen-bond donors (Lipinski definition) is 1. The van der Waals surface area contributed by atoms with Crippen molar-refractivity contribution < 1.29 is 8.81 Å². The fourth-order valence-corrected chi connectivity index (χ4v) is 2.09. The van der Waals surface area contributed by atoms with Crippen molar-refractivity contribution in [1.82, 2.24) is 0 Å². The van der Waals surface area contributed by atoms with Gasteiger partial charge in [0.15, 0.2) is 0 Å². The molecule has 0 amide bonds. The predicted molar refractivity (Wildman–Crippen MR) is 75.1 cm³/mol. The molecule has 1 heterocycles. The summed E-state index contributed by atoms with van der Waals surface area (Å²) in [5, 5.41) is 0.988. The molecule has 0 aliphatic rings. The molecule has 0 spiro atoms. The van der Waals surface area contributed by atoms with Gasteiger partial charge in [-0.3, -0.25) is 0 Å². The molecule has 2 aromatic carbocycles. The second-order valence-corrected chi connectivity index (χ2v) is 4.38. The van der Waals surface area contributed by atoms with Crippen molar-refractivity contribution in [1.29, 1.82) is 0 Å². The van der Waals surface area contributed by atoms with Gasteiger partial charge in [-0.05, 0) is 30.3 Å². The summed E-state index contributed by atoms with van der Waals surface area (Å²) in [6, 6.07) is 12.5. The van der Waals surface area contributed by atoms with Gasteiger partial charge in [0.2, 0.25) is 0 Å². The zero-order chi connectivity index (χ0) is 13.4. The average molecular weight is 256 g/mol. The maximum atomic E-state index is 13.5. The number of nitrogen functional groups attached to an aromatic ring is 1. The van der Waals surface area contributed by atoms with Crippen molar-refractivity contribution in [2.24, 2.45) is 0 Å². The summed E-state index contributed by atoms with van der Waals surface area (Å²) in [4.78, 5) is 1.87. The van der Waals surface area contributed by atoms with Crippen LogP contribution in [0.15, 0.2) is 53.1 Å². The first-order chi connectivity index (χ1) is 9.16. The standard InChI is InChI=1S/C15H13FN2O/c1-18(10-6-7-13(17)12(16)8-10)14-9-19-15-5-3-2-4-11(14)15/h2-9H,17H2,1H3. The first-order valence-corrected chi connectivity index (χ1v) is 5.92. The quantitative estimate of drug-likeness (QED) is 0.706. The molecule has 2 N–H and O–H groups in total. The molecule has 0 fully saturated rings. The zero-order valence-corrected chi connectivity index (χ0v) is 10.4. The van der Waals surface area contributed by atoms with E-state index in [0.717, 1.165) is 22.3 Å². The fraction of sp³-hybridized carbons (Fsp3) is 0.0667. The maximum Gasteiger partial charge on any atom is 0.148 e. The number of para-hydroxylation sites is 1. The average Bonchev–Trinajstić information content (AvgIpc) is 2.85. The summed E-state index contributed by atoms with van der Waals surface area (Å²) in [7, 11) is 1.86.